The number of carboxylic acid groups (broad SMARTS) is 1. The number of hydrogen-bond acceptors (Lipinski definition) is 2. The van der Waals surface area contributed by atoms with Gasteiger partial charge in [0.25, 0.3) is 0 Å². The van der Waals surface area contributed by atoms with Crippen molar-refractivity contribution in [3.05, 3.63) is 64.7 Å². The van der Waals surface area contributed by atoms with Crippen LogP contribution in [0.1, 0.15) is 58.3 Å². The van der Waals surface area contributed by atoms with Gasteiger partial charge in [-0.1, -0.05) is 42.0 Å². The summed E-state index contributed by atoms with van der Waals surface area (Å²) in [6.45, 7) is 2.13. The van der Waals surface area contributed by atoms with Crippen molar-refractivity contribution in [3.63, 3.8) is 0 Å². The Morgan fingerprint density at radius 1 is 1.12 bits per heavy atom. The molecule has 2 bridgehead atoms. The Kier molecular flexibility index (Phi) is 3.21. The zero-order valence-corrected chi connectivity index (χ0v) is 14.4. The second kappa shape index (κ2) is 5.35. The first kappa shape index (κ1) is 15.0. The standard InChI is InChI=1S/C22H23NO2/c1-12-4-2-5-15(10-12)20-19-14-9-8-13(11-14)18(19)16-6-3-7-17(22(24)25)21(16)23-20/h2-7,10,13-14,18-20,23H,8-9,11H2,1H3,(H,24,25)/t13-,14-,18-,19-,20-/m0/s1. The molecule has 5 rings (SSSR count). The van der Waals surface area contributed by atoms with Gasteiger partial charge in [-0.25, -0.2) is 4.79 Å². The number of carboxylic acids is 1. The van der Waals surface area contributed by atoms with Crippen LogP contribution in [0.4, 0.5) is 5.69 Å². The average Bonchev–Trinajstić information content (AvgIpc) is 3.22. The molecule has 0 radical (unpaired) electrons. The molecule has 128 valence electrons. The van der Waals surface area contributed by atoms with Crippen molar-refractivity contribution in [2.75, 3.05) is 5.32 Å². The predicted octanol–water partition coefficient (Wildman–Crippen LogP) is 4.99. The Bertz CT molecular complexity index is 859. The summed E-state index contributed by atoms with van der Waals surface area (Å²) in [5.41, 5.74) is 5.07. The number of hydrogen-bond donors (Lipinski definition) is 2. The van der Waals surface area contributed by atoms with E-state index in [0.717, 1.165) is 11.6 Å². The highest BCUT2D eigenvalue weighted by Gasteiger charge is 2.54. The van der Waals surface area contributed by atoms with E-state index in [2.05, 4.69) is 42.6 Å². The van der Waals surface area contributed by atoms with E-state index >= 15 is 0 Å². The van der Waals surface area contributed by atoms with Crippen molar-refractivity contribution < 1.29 is 9.90 Å². The molecule has 0 unspecified atom stereocenters. The van der Waals surface area contributed by atoms with E-state index in [9.17, 15) is 9.90 Å². The predicted molar refractivity (Wildman–Crippen MR) is 98.0 cm³/mol. The Balaban J connectivity index is 1.68. The van der Waals surface area contributed by atoms with Gasteiger partial charge in [0.2, 0.25) is 0 Å². The van der Waals surface area contributed by atoms with Gasteiger partial charge in [-0.15, -0.1) is 0 Å². The monoisotopic (exact) mass is 333 g/mol. The maximum Gasteiger partial charge on any atom is 0.337 e. The third kappa shape index (κ3) is 2.14. The number of nitrogens with one attached hydrogen (secondary N) is 1. The zero-order valence-electron chi connectivity index (χ0n) is 14.4. The fourth-order valence-electron chi connectivity index (χ4n) is 5.88. The molecule has 3 heteroatoms. The summed E-state index contributed by atoms with van der Waals surface area (Å²) in [6.07, 6.45) is 3.92. The average molecular weight is 333 g/mol. The van der Waals surface area contributed by atoms with E-state index in [-0.39, 0.29) is 6.04 Å². The molecule has 2 aliphatic carbocycles. The van der Waals surface area contributed by atoms with E-state index in [1.54, 1.807) is 6.07 Å². The maximum atomic E-state index is 11.8. The van der Waals surface area contributed by atoms with Crippen molar-refractivity contribution >= 4 is 11.7 Å². The molecular weight excluding hydrogens is 310 g/mol. The molecule has 5 atom stereocenters. The fraction of sp³-hybridized carbons (Fsp3) is 0.409. The maximum absolute atomic E-state index is 11.8. The SMILES string of the molecule is Cc1cccc([C@@H]2Nc3c(C(=O)O)cccc3[C@@H]3[C@H]4CC[C@@H](C4)[C@@H]32)c1. The van der Waals surface area contributed by atoms with E-state index in [1.165, 1.54) is 36.0 Å². The minimum Gasteiger partial charge on any atom is -0.478 e. The molecule has 2 N–H and O–H groups in total. The van der Waals surface area contributed by atoms with E-state index in [4.69, 9.17) is 0 Å². The lowest BCUT2D eigenvalue weighted by atomic mass is 9.67. The van der Waals surface area contributed by atoms with Crippen LogP contribution in [0.15, 0.2) is 42.5 Å². The highest BCUT2D eigenvalue weighted by Crippen LogP contribution is 2.63. The highest BCUT2D eigenvalue weighted by atomic mass is 16.4. The summed E-state index contributed by atoms with van der Waals surface area (Å²) in [7, 11) is 0. The number of rotatable bonds is 2. The molecule has 2 aromatic rings. The second-order valence-electron chi connectivity index (χ2n) is 8.05. The molecule has 3 aliphatic rings. The van der Waals surface area contributed by atoms with Gasteiger partial charge in [-0.05, 0) is 67.1 Å². The normalized spacial score (nSPS) is 32.0. The summed E-state index contributed by atoms with van der Waals surface area (Å²) in [5.74, 6) is 1.72. The fourth-order valence-corrected chi connectivity index (χ4v) is 5.88. The van der Waals surface area contributed by atoms with E-state index < -0.39 is 5.97 Å². The molecule has 1 aliphatic heterocycles. The van der Waals surface area contributed by atoms with Crippen molar-refractivity contribution in [3.8, 4) is 0 Å². The molecule has 0 aromatic heterocycles. The van der Waals surface area contributed by atoms with Gasteiger partial charge in [-0.2, -0.15) is 0 Å². The van der Waals surface area contributed by atoms with E-state index in [0.29, 0.717) is 23.3 Å². The summed E-state index contributed by atoms with van der Waals surface area (Å²) in [6, 6.07) is 14.7. The summed E-state index contributed by atoms with van der Waals surface area (Å²) < 4.78 is 0. The number of benzene rings is 2. The molecule has 1 heterocycles. The third-order valence-electron chi connectivity index (χ3n) is 6.75. The van der Waals surface area contributed by atoms with Crippen molar-refractivity contribution in [2.45, 2.75) is 38.1 Å². The number of anilines is 1. The second-order valence-corrected chi connectivity index (χ2v) is 8.05. The number of aromatic carboxylic acids is 1. The van der Waals surface area contributed by atoms with Gasteiger partial charge < -0.3 is 10.4 Å². The number of para-hydroxylation sites is 1. The zero-order chi connectivity index (χ0) is 17.1. The van der Waals surface area contributed by atoms with Crippen LogP contribution >= 0.6 is 0 Å². The van der Waals surface area contributed by atoms with Crippen LogP contribution in [0.3, 0.4) is 0 Å². The molecular formula is C22H23NO2. The Hall–Kier alpha value is -2.29. The first-order chi connectivity index (χ1) is 12.1. The van der Waals surface area contributed by atoms with Crippen LogP contribution in [0.2, 0.25) is 0 Å². The van der Waals surface area contributed by atoms with Gasteiger partial charge >= 0.3 is 5.97 Å². The molecule has 2 fully saturated rings. The number of fused-ring (bicyclic) bond motifs is 7. The molecule has 0 saturated heterocycles. The van der Waals surface area contributed by atoms with Crippen LogP contribution in [-0.2, 0) is 0 Å². The van der Waals surface area contributed by atoms with Crippen molar-refractivity contribution in [2.24, 2.45) is 17.8 Å². The minimum atomic E-state index is -0.839. The van der Waals surface area contributed by atoms with Gasteiger partial charge in [0, 0.05) is 0 Å². The lowest BCUT2D eigenvalue weighted by Gasteiger charge is -2.44. The molecule has 25 heavy (non-hydrogen) atoms. The first-order valence-electron chi connectivity index (χ1n) is 9.33. The Morgan fingerprint density at radius 2 is 1.92 bits per heavy atom. The van der Waals surface area contributed by atoms with Crippen molar-refractivity contribution in [1.29, 1.82) is 0 Å². The van der Waals surface area contributed by atoms with Gasteiger partial charge in [0.15, 0.2) is 0 Å². The lowest BCUT2D eigenvalue weighted by Crippen LogP contribution is -2.36. The smallest absolute Gasteiger partial charge is 0.337 e. The van der Waals surface area contributed by atoms with E-state index in [1.807, 2.05) is 6.07 Å². The van der Waals surface area contributed by atoms with Crippen LogP contribution in [0, 0.1) is 24.7 Å². The first-order valence-corrected chi connectivity index (χ1v) is 9.33. The van der Waals surface area contributed by atoms with Crippen LogP contribution < -0.4 is 5.32 Å². The lowest BCUT2D eigenvalue weighted by molar-refractivity contribution is 0.0697. The van der Waals surface area contributed by atoms with Crippen LogP contribution in [0.5, 0.6) is 0 Å². The highest BCUT2D eigenvalue weighted by molar-refractivity contribution is 5.95. The van der Waals surface area contributed by atoms with Gasteiger partial charge in [0.05, 0.1) is 17.3 Å². The van der Waals surface area contributed by atoms with Crippen LogP contribution in [-0.4, -0.2) is 11.1 Å². The quantitative estimate of drug-likeness (QED) is 0.814. The molecule has 2 saturated carbocycles. The Labute approximate surface area is 148 Å². The topological polar surface area (TPSA) is 49.3 Å². The van der Waals surface area contributed by atoms with Gasteiger partial charge in [-0.3, -0.25) is 0 Å². The molecule has 3 nitrogen and oxygen atoms in total. The Morgan fingerprint density at radius 3 is 2.72 bits per heavy atom. The molecule has 0 amide bonds. The van der Waals surface area contributed by atoms with Crippen LogP contribution in [0.25, 0.3) is 0 Å². The number of carbonyl (C=O) groups is 1. The molecule has 0 spiro atoms. The minimum absolute atomic E-state index is 0.216. The third-order valence-corrected chi connectivity index (χ3v) is 6.75. The number of aryl methyl sites for hydroxylation is 1. The summed E-state index contributed by atoms with van der Waals surface area (Å²) >= 11 is 0. The van der Waals surface area contributed by atoms with Crippen molar-refractivity contribution in [1.82, 2.24) is 0 Å². The summed E-state index contributed by atoms with van der Waals surface area (Å²) in [5, 5.41) is 13.3. The summed E-state index contributed by atoms with van der Waals surface area (Å²) in [4.78, 5) is 11.8. The molecule has 2 aromatic carbocycles. The largest absolute Gasteiger partial charge is 0.478 e. The van der Waals surface area contributed by atoms with Gasteiger partial charge in [0.1, 0.15) is 0 Å².